The van der Waals surface area contributed by atoms with Crippen molar-refractivity contribution in [3.8, 4) is 11.4 Å². The maximum Gasteiger partial charge on any atom is 0.298 e. The minimum absolute atomic E-state index is 0.0378. The fourth-order valence-corrected chi connectivity index (χ4v) is 8.09. The normalized spacial score (nSPS) is 13.3. The Bertz CT molecular complexity index is 2160. The molecule has 0 spiro atoms. The first kappa shape index (κ1) is 27.8. The molecule has 0 unspecified atom stereocenters. The zero-order valence-electron chi connectivity index (χ0n) is 19.3. The predicted molar refractivity (Wildman–Crippen MR) is 135 cm³/mol. The maximum absolute atomic E-state index is 12.1. The maximum atomic E-state index is 12.1. The second kappa shape index (κ2) is 8.87. The molecule has 0 aliphatic heterocycles. The first-order valence-electron chi connectivity index (χ1n) is 10.4. The highest BCUT2D eigenvalue weighted by atomic mass is 32.2. The second-order valence-corrected chi connectivity index (χ2v) is 13.6. The summed E-state index contributed by atoms with van der Waals surface area (Å²) in [4.78, 5) is 3.32. The Morgan fingerprint density at radius 2 is 0.850 bits per heavy atom. The molecule has 20 heteroatoms. The Hall–Kier alpha value is -3.76. The average molecular weight is 631 g/mol. The van der Waals surface area contributed by atoms with E-state index in [9.17, 15) is 51.9 Å². The molecule has 0 amide bonds. The van der Waals surface area contributed by atoms with Crippen LogP contribution in [-0.2, 0) is 40.5 Å². The Kier molecular flexibility index (Phi) is 6.16. The van der Waals surface area contributed by atoms with Crippen LogP contribution in [0.5, 0.6) is 0 Å². The summed E-state index contributed by atoms with van der Waals surface area (Å²) in [5, 5.41) is 0. The third kappa shape index (κ3) is 4.54. The van der Waals surface area contributed by atoms with Gasteiger partial charge < -0.3 is 0 Å². The van der Waals surface area contributed by atoms with Gasteiger partial charge in [0.15, 0.2) is 0 Å². The van der Waals surface area contributed by atoms with E-state index >= 15 is 0 Å². The van der Waals surface area contributed by atoms with Gasteiger partial charge >= 0.3 is 0 Å². The van der Waals surface area contributed by atoms with E-state index in [-0.39, 0.29) is 22.4 Å². The summed E-state index contributed by atoms with van der Waals surface area (Å²) in [5.41, 5.74) is -0.646. The largest absolute Gasteiger partial charge is 0.298 e. The number of hydrogen-bond acceptors (Lipinski definition) is 10. The molecule has 2 heterocycles. The van der Waals surface area contributed by atoms with Gasteiger partial charge in [0.05, 0.1) is 22.4 Å². The first-order valence-corrected chi connectivity index (χ1v) is 16.2. The summed E-state index contributed by atoms with van der Waals surface area (Å²) in [7, 11) is -20.6. The van der Waals surface area contributed by atoms with Crippen molar-refractivity contribution in [3.63, 3.8) is 0 Å². The lowest BCUT2D eigenvalue weighted by molar-refractivity contribution is 0.467. The van der Waals surface area contributed by atoms with Gasteiger partial charge in [0.25, 0.3) is 40.5 Å². The highest BCUT2D eigenvalue weighted by Crippen LogP contribution is 2.34. The van der Waals surface area contributed by atoms with E-state index < -0.39 is 71.1 Å². The van der Waals surface area contributed by atoms with E-state index in [4.69, 9.17) is 0 Å². The Labute approximate surface area is 225 Å². The molecular formula is C20H14N4O12S4. The summed E-state index contributed by atoms with van der Waals surface area (Å²) in [6.07, 6.45) is 2.18. The van der Waals surface area contributed by atoms with Gasteiger partial charge in [-0.2, -0.15) is 33.7 Å². The number of imidazole rings is 2. The highest BCUT2D eigenvalue weighted by Gasteiger charge is 2.31. The van der Waals surface area contributed by atoms with E-state index in [0.29, 0.717) is 0 Å². The molecular weight excluding hydrogens is 617 g/mol. The number of benzene rings is 3. The molecule has 5 aromatic rings. The Morgan fingerprint density at radius 1 is 0.500 bits per heavy atom. The highest BCUT2D eigenvalue weighted by molar-refractivity contribution is 7.89. The van der Waals surface area contributed by atoms with Crippen LogP contribution in [0.1, 0.15) is 0 Å². The zero-order chi connectivity index (χ0) is 29.4. The lowest BCUT2D eigenvalue weighted by Crippen LogP contribution is -2.10. The van der Waals surface area contributed by atoms with E-state index in [0.717, 1.165) is 36.9 Å². The summed E-state index contributed by atoms with van der Waals surface area (Å²) < 4.78 is 136. The van der Waals surface area contributed by atoms with Gasteiger partial charge in [-0.25, -0.2) is 9.97 Å². The zero-order valence-corrected chi connectivity index (χ0v) is 22.5. The van der Waals surface area contributed by atoms with Gasteiger partial charge in [-0.3, -0.25) is 27.3 Å². The lowest BCUT2D eigenvalue weighted by Gasteiger charge is -2.14. The van der Waals surface area contributed by atoms with Gasteiger partial charge in [-0.15, -0.1) is 0 Å². The topological polar surface area (TPSA) is 253 Å². The average Bonchev–Trinajstić information content (AvgIpc) is 3.44. The molecule has 0 bridgehead atoms. The molecule has 0 saturated heterocycles. The van der Waals surface area contributed by atoms with Crippen LogP contribution in [0.2, 0.25) is 0 Å². The van der Waals surface area contributed by atoms with Crippen molar-refractivity contribution in [3.05, 3.63) is 61.2 Å². The molecule has 2 aromatic heterocycles. The van der Waals surface area contributed by atoms with Gasteiger partial charge in [0, 0.05) is 0 Å². The smallest absolute Gasteiger partial charge is 0.297 e. The van der Waals surface area contributed by atoms with E-state index in [2.05, 4.69) is 9.97 Å². The van der Waals surface area contributed by atoms with Crippen LogP contribution in [0.4, 0.5) is 0 Å². The molecule has 0 radical (unpaired) electrons. The minimum atomic E-state index is -5.21. The predicted octanol–water partition coefficient (Wildman–Crippen LogP) is 1.35. The number of nitrogens with zero attached hydrogens (tertiary/aromatic N) is 4. The van der Waals surface area contributed by atoms with Crippen LogP contribution in [-0.4, -0.2) is 71.0 Å². The molecule has 40 heavy (non-hydrogen) atoms. The third-order valence-electron chi connectivity index (χ3n) is 5.74. The minimum Gasteiger partial charge on any atom is -0.297 e. The summed E-state index contributed by atoms with van der Waals surface area (Å²) >= 11 is 0. The Morgan fingerprint density at radius 3 is 1.15 bits per heavy atom. The van der Waals surface area contributed by atoms with Crippen molar-refractivity contribution in [1.82, 2.24) is 19.1 Å². The molecule has 0 saturated carbocycles. The van der Waals surface area contributed by atoms with Crippen molar-refractivity contribution in [1.29, 1.82) is 0 Å². The van der Waals surface area contributed by atoms with Gasteiger partial charge in [0.1, 0.15) is 43.3 Å². The SMILES string of the molecule is O=S(=O)(O)c1ccc2c(ncn2-c2ccccc2-n2cnc3c(S(=O)(=O)O)c(S(=O)(=O)O)ccc32)c1S(=O)(=O)O. The molecule has 4 N–H and O–H groups in total. The number of hydrogen-bond donors (Lipinski definition) is 4. The van der Waals surface area contributed by atoms with Crippen molar-refractivity contribution < 1.29 is 51.9 Å². The monoisotopic (exact) mass is 630 g/mol. The summed E-state index contributed by atoms with van der Waals surface area (Å²) in [6.45, 7) is 0. The quantitative estimate of drug-likeness (QED) is 0.193. The molecule has 0 aliphatic carbocycles. The van der Waals surface area contributed by atoms with E-state index in [1.54, 1.807) is 12.1 Å². The molecule has 5 rings (SSSR count). The third-order valence-corrected chi connectivity index (χ3v) is 9.65. The summed E-state index contributed by atoms with van der Waals surface area (Å²) in [6, 6.07) is 9.87. The van der Waals surface area contributed by atoms with Crippen LogP contribution < -0.4 is 0 Å². The van der Waals surface area contributed by atoms with Gasteiger partial charge in [0.2, 0.25) is 0 Å². The molecule has 3 aromatic carbocycles. The Balaban J connectivity index is 1.82. The van der Waals surface area contributed by atoms with E-state index in [1.165, 1.54) is 21.3 Å². The van der Waals surface area contributed by atoms with Crippen molar-refractivity contribution >= 4 is 62.5 Å². The molecule has 16 nitrogen and oxygen atoms in total. The summed E-state index contributed by atoms with van der Waals surface area (Å²) in [5.74, 6) is 0. The fraction of sp³-hybridized carbons (Fsp3) is 0. The number of para-hydroxylation sites is 2. The van der Waals surface area contributed by atoms with Crippen LogP contribution in [0.25, 0.3) is 33.4 Å². The van der Waals surface area contributed by atoms with E-state index in [1.807, 2.05) is 0 Å². The number of aromatic nitrogens is 4. The van der Waals surface area contributed by atoms with Gasteiger partial charge in [-0.1, -0.05) is 12.1 Å². The molecule has 0 aliphatic rings. The lowest BCUT2D eigenvalue weighted by atomic mass is 10.2. The van der Waals surface area contributed by atoms with Crippen LogP contribution in [0, 0.1) is 0 Å². The number of rotatable bonds is 6. The molecule has 210 valence electrons. The van der Waals surface area contributed by atoms with Crippen molar-refractivity contribution in [2.75, 3.05) is 0 Å². The molecule has 0 atom stereocenters. The molecule has 0 fully saturated rings. The van der Waals surface area contributed by atoms with Crippen LogP contribution in [0.15, 0.2) is 80.8 Å². The van der Waals surface area contributed by atoms with Crippen molar-refractivity contribution in [2.45, 2.75) is 19.6 Å². The first-order chi connectivity index (χ1) is 18.4. The second-order valence-electron chi connectivity index (χ2n) is 8.14. The van der Waals surface area contributed by atoms with Crippen LogP contribution >= 0.6 is 0 Å². The number of fused-ring (bicyclic) bond motifs is 2. The van der Waals surface area contributed by atoms with Gasteiger partial charge in [-0.05, 0) is 36.4 Å². The standard InChI is InChI=1S/C20H14N4O12S4/c25-37(26,27)15-7-5-13-17(19(15)39(31,32)33)21-9-23(13)11-3-1-2-4-12(11)24-10-22-18-14(24)6-8-16(38(28,29)30)20(18)40(34,35)36/h1-10H,(H,25,26,27)(H,28,29,30)(H,31,32,33)(H,34,35,36). The fourth-order valence-electron chi connectivity index (χ4n) is 4.24. The van der Waals surface area contributed by atoms with Crippen LogP contribution in [0.3, 0.4) is 0 Å². The van der Waals surface area contributed by atoms with Crippen molar-refractivity contribution in [2.24, 2.45) is 0 Å².